The minimum atomic E-state index is 0.135. The summed E-state index contributed by atoms with van der Waals surface area (Å²) < 4.78 is 0. The summed E-state index contributed by atoms with van der Waals surface area (Å²) in [6.07, 6.45) is 6.14. The van der Waals surface area contributed by atoms with Gasteiger partial charge in [-0.25, -0.2) is 10.2 Å². The van der Waals surface area contributed by atoms with Crippen molar-refractivity contribution in [2.75, 3.05) is 5.32 Å². The average Bonchev–Trinajstić information content (AvgIpc) is 3.50. The zero-order valence-electron chi connectivity index (χ0n) is 15.3. The van der Waals surface area contributed by atoms with Crippen LogP contribution in [0.2, 0.25) is 0 Å². The Morgan fingerprint density at radius 2 is 2.04 bits per heavy atom. The number of pyridine rings is 1. The summed E-state index contributed by atoms with van der Waals surface area (Å²) in [5.74, 6) is 0.346. The highest BCUT2D eigenvalue weighted by Gasteiger charge is 2.29. The summed E-state index contributed by atoms with van der Waals surface area (Å²) in [4.78, 5) is 17.9. The number of thioether (sulfide) groups is 1. The van der Waals surface area contributed by atoms with Crippen LogP contribution in [0.3, 0.4) is 0 Å². The highest BCUT2D eigenvalue weighted by molar-refractivity contribution is 8.10. The van der Waals surface area contributed by atoms with E-state index in [1.165, 1.54) is 0 Å². The molecule has 1 fully saturated rings. The van der Waals surface area contributed by atoms with E-state index >= 15 is 0 Å². The van der Waals surface area contributed by atoms with Gasteiger partial charge < -0.3 is 5.32 Å². The smallest absolute Gasteiger partial charge is 0.227 e. The third-order valence-corrected chi connectivity index (χ3v) is 5.18. The molecule has 5 heteroatoms. The van der Waals surface area contributed by atoms with Gasteiger partial charge in [0.15, 0.2) is 0 Å². The summed E-state index contributed by atoms with van der Waals surface area (Å²) in [5.41, 5.74) is 3.96. The number of rotatable bonds is 5. The molecule has 4 nitrogen and oxygen atoms in total. The molecule has 0 spiro atoms. The Bertz CT molecular complexity index is 879. The Morgan fingerprint density at radius 3 is 2.65 bits per heavy atom. The van der Waals surface area contributed by atoms with Gasteiger partial charge in [-0.2, -0.15) is 0 Å². The number of aryl methyl sites for hydroxylation is 1. The third-order valence-electron chi connectivity index (χ3n) is 4.08. The lowest BCUT2D eigenvalue weighted by atomic mass is 10.1. The molecule has 2 aromatic rings. The van der Waals surface area contributed by atoms with E-state index < -0.39 is 0 Å². The second-order valence-electron chi connectivity index (χ2n) is 6.06. The molecular weight excluding hydrogens is 342 g/mol. The van der Waals surface area contributed by atoms with Crippen LogP contribution < -0.4 is 5.32 Å². The van der Waals surface area contributed by atoms with E-state index in [1.807, 2.05) is 38.1 Å². The van der Waals surface area contributed by atoms with Gasteiger partial charge in [0.1, 0.15) is 0 Å². The van der Waals surface area contributed by atoms with Crippen molar-refractivity contribution in [2.24, 2.45) is 5.92 Å². The molecular formula is C21H23N3OS. The van der Waals surface area contributed by atoms with E-state index in [2.05, 4.69) is 36.4 Å². The summed E-state index contributed by atoms with van der Waals surface area (Å²) in [5, 5.41) is 12.7. The van der Waals surface area contributed by atoms with Gasteiger partial charge in [-0.05, 0) is 68.8 Å². The van der Waals surface area contributed by atoms with Gasteiger partial charge in [0.2, 0.25) is 5.91 Å². The fourth-order valence-electron chi connectivity index (χ4n) is 2.61. The first-order valence-electron chi connectivity index (χ1n) is 8.55. The molecule has 0 saturated heterocycles. The standard InChI is InChI=1S/C20H22N2OS.CHN/c1-4-10-24-19(5-2)18-11-13(3)16-12-15(8-9-17(16)22-18)21-20(23)14-6-7-14;1-2/h4-5,8-12,14H,6-7H2,1-3H3,(H,21,23);1H/b10-4-,19-5-;. The first kappa shape index (κ1) is 19.7. The molecule has 0 aliphatic heterocycles. The van der Waals surface area contributed by atoms with Crippen molar-refractivity contribution in [3.8, 4) is 6.57 Å². The van der Waals surface area contributed by atoms with Crippen molar-refractivity contribution in [1.29, 1.82) is 5.26 Å². The van der Waals surface area contributed by atoms with Crippen molar-refractivity contribution >= 4 is 39.2 Å². The number of aromatic nitrogens is 1. The summed E-state index contributed by atoms with van der Waals surface area (Å²) in [7, 11) is 0. The lowest BCUT2D eigenvalue weighted by Gasteiger charge is -2.10. The predicted molar refractivity (Wildman–Crippen MR) is 111 cm³/mol. The van der Waals surface area contributed by atoms with Gasteiger partial charge in [0.05, 0.1) is 11.2 Å². The van der Waals surface area contributed by atoms with Crippen molar-refractivity contribution in [1.82, 2.24) is 4.98 Å². The molecule has 0 radical (unpaired) electrons. The third kappa shape index (κ3) is 4.74. The number of nitriles is 1. The number of benzene rings is 1. The van der Waals surface area contributed by atoms with E-state index in [1.54, 1.807) is 11.8 Å². The SMILES string of the molecule is C#N.C/C=C\S/C(=C\C)c1cc(C)c2cc(NC(=O)C3CC3)ccc2n1. The van der Waals surface area contributed by atoms with Crippen LogP contribution in [0.25, 0.3) is 15.8 Å². The molecule has 1 amide bonds. The Kier molecular flexibility index (Phi) is 6.99. The summed E-state index contributed by atoms with van der Waals surface area (Å²) in [6, 6.07) is 8.06. The fourth-order valence-corrected chi connectivity index (χ4v) is 3.25. The molecule has 1 aliphatic rings. The lowest BCUT2D eigenvalue weighted by molar-refractivity contribution is -0.117. The van der Waals surface area contributed by atoms with Gasteiger partial charge >= 0.3 is 0 Å². The number of amides is 1. The molecule has 0 bridgehead atoms. The van der Waals surface area contributed by atoms with Gasteiger partial charge in [0, 0.05) is 28.5 Å². The maximum Gasteiger partial charge on any atom is 0.227 e. The number of carbonyl (C=O) groups excluding carboxylic acids is 1. The van der Waals surface area contributed by atoms with E-state index in [4.69, 9.17) is 10.2 Å². The molecule has 1 aliphatic carbocycles. The van der Waals surface area contributed by atoms with E-state index in [0.717, 1.165) is 45.6 Å². The van der Waals surface area contributed by atoms with Crippen LogP contribution in [0.1, 0.15) is 37.9 Å². The average molecular weight is 366 g/mol. The van der Waals surface area contributed by atoms with Crippen LogP contribution in [0.4, 0.5) is 5.69 Å². The lowest BCUT2D eigenvalue weighted by Crippen LogP contribution is -2.13. The molecule has 1 N–H and O–H groups in total. The number of hydrogen-bond donors (Lipinski definition) is 1. The van der Waals surface area contributed by atoms with Crippen LogP contribution in [0.5, 0.6) is 0 Å². The molecule has 26 heavy (non-hydrogen) atoms. The minimum Gasteiger partial charge on any atom is -0.326 e. The van der Waals surface area contributed by atoms with Gasteiger partial charge in [-0.3, -0.25) is 4.79 Å². The van der Waals surface area contributed by atoms with E-state index in [9.17, 15) is 4.79 Å². The number of nitrogens with zero attached hydrogens (tertiary/aromatic N) is 2. The van der Waals surface area contributed by atoms with Crippen LogP contribution in [-0.4, -0.2) is 10.9 Å². The maximum atomic E-state index is 11.9. The van der Waals surface area contributed by atoms with Gasteiger partial charge in [-0.15, -0.1) is 0 Å². The molecule has 1 aromatic heterocycles. The van der Waals surface area contributed by atoms with Crippen LogP contribution in [0, 0.1) is 24.7 Å². The van der Waals surface area contributed by atoms with Crippen LogP contribution in [-0.2, 0) is 4.79 Å². The molecule has 1 saturated carbocycles. The van der Waals surface area contributed by atoms with Crippen molar-refractivity contribution in [3.63, 3.8) is 0 Å². The molecule has 1 aromatic carbocycles. The summed E-state index contributed by atoms with van der Waals surface area (Å²) in [6.45, 7) is 9.63. The Morgan fingerprint density at radius 1 is 1.31 bits per heavy atom. The van der Waals surface area contributed by atoms with Crippen molar-refractivity contribution in [2.45, 2.75) is 33.6 Å². The van der Waals surface area contributed by atoms with Crippen LogP contribution in [0.15, 0.2) is 41.8 Å². The molecule has 0 unspecified atom stereocenters. The second-order valence-corrected chi connectivity index (χ2v) is 7.01. The normalized spacial score (nSPS) is 14.1. The monoisotopic (exact) mass is 365 g/mol. The zero-order valence-corrected chi connectivity index (χ0v) is 16.1. The molecule has 0 atom stereocenters. The van der Waals surface area contributed by atoms with Gasteiger partial charge in [-0.1, -0.05) is 23.9 Å². The number of carbonyl (C=O) groups is 1. The molecule has 3 rings (SSSR count). The van der Waals surface area contributed by atoms with E-state index in [-0.39, 0.29) is 11.8 Å². The number of allylic oxidation sites excluding steroid dienone is 2. The number of fused-ring (bicyclic) bond motifs is 1. The summed E-state index contributed by atoms with van der Waals surface area (Å²) >= 11 is 1.67. The maximum absolute atomic E-state index is 11.9. The highest BCUT2D eigenvalue weighted by Crippen LogP contribution is 2.32. The Balaban J connectivity index is 0.00000117. The number of hydrogen-bond acceptors (Lipinski definition) is 4. The largest absolute Gasteiger partial charge is 0.326 e. The Hall–Kier alpha value is -2.58. The fraction of sp³-hybridized carbons (Fsp3) is 0.286. The molecule has 1 heterocycles. The zero-order chi connectivity index (χ0) is 19.1. The number of anilines is 1. The Labute approximate surface area is 159 Å². The van der Waals surface area contributed by atoms with Crippen molar-refractivity contribution < 1.29 is 4.79 Å². The second kappa shape index (κ2) is 9.21. The quantitative estimate of drug-likeness (QED) is 0.742. The van der Waals surface area contributed by atoms with Gasteiger partial charge in [0.25, 0.3) is 0 Å². The first-order chi connectivity index (χ1) is 12.6. The minimum absolute atomic E-state index is 0.135. The van der Waals surface area contributed by atoms with Crippen LogP contribution >= 0.6 is 11.8 Å². The van der Waals surface area contributed by atoms with E-state index in [0.29, 0.717) is 0 Å². The molecule has 134 valence electrons. The predicted octanol–water partition coefficient (Wildman–Crippen LogP) is 5.66. The topological polar surface area (TPSA) is 65.8 Å². The van der Waals surface area contributed by atoms with Crippen molar-refractivity contribution in [3.05, 3.63) is 53.1 Å². The first-order valence-corrected chi connectivity index (χ1v) is 9.43. The number of nitrogens with one attached hydrogen (secondary N) is 1. The highest BCUT2D eigenvalue weighted by atomic mass is 32.2.